The maximum Gasteiger partial charge on any atom is 0.280 e. The molecule has 0 spiro atoms. The van der Waals surface area contributed by atoms with E-state index in [2.05, 4.69) is 0 Å². The van der Waals surface area contributed by atoms with Crippen molar-refractivity contribution in [2.45, 2.75) is 11.1 Å². The standard InChI is InChI=1S/C2H2Cl3O2P/c3-1-2(4)7-8(5)6-1/h1-2H. The normalized spacial score (nSPS) is 47.6. The Balaban J connectivity index is 2.39. The molecule has 1 aliphatic heterocycles. The summed E-state index contributed by atoms with van der Waals surface area (Å²) >= 11 is 16.2. The van der Waals surface area contributed by atoms with Crippen LogP contribution in [0, 0.1) is 0 Å². The first-order valence-electron chi connectivity index (χ1n) is 1.78. The Morgan fingerprint density at radius 3 is 1.62 bits per heavy atom. The van der Waals surface area contributed by atoms with Gasteiger partial charge in [0.25, 0.3) is 7.73 Å². The van der Waals surface area contributed by atoms with Crippen LogP contribution in [0.1, 0.15) is 0 Å². The van der Waals surface area contributed by atoms with Gasteiger partial charge in [0.2, 0.25) is 0 Å². The Labute approximate surface area is 62.7 Å². The van der Waals surface area contributed by atoms with Crippen molar-refractivity contribution in [1.82, 2.24) is 0 Å². The molecule has 1 rings (SSSR count). The van der Waals surface area contributed by atoms with Crippen molar-refractivity contribution in [3.8, 4) is 0 Å². The van der Waals surface area contributed by atoms with Crippen LogP contribution in [0.15, 0.2) is 0 Å². The van der Waals surface area contributed by atoms with Gasteiger partial charge in [-0.2, -0.15) is 0 Å². The predicted molar refractivity (Wildman–Crippen MR) is 34.2 cm³/mol. The molecule has 2 unspecified atom stereocenters. The molecule has 6 heteroatoms. The molecule has 1 fully saturated rings. The molecule has 0 aromatic rings. The molecule has 0 aromatic heterocycles. The highest BCUT2D eigenvalue weighted by molar-refractivity contribution is 7.76. The lowest BCUT2D eigenvalue weighted by atomic mass is 10.8. The van der Waals surface area contributed by atoms with E-state index in [0.29, 0.717) is 0 Å². The first-order chi connectivity index (χ1) is 3.70. The Kier molecular flexibility index (Phi) is 2.63. The van der Waals surface area contributed by atoms with Gasteiger partial charge in [0.05, 0.1) is 0 Å². The van der Waals surface area contributed by atoms with E-state index in [-0.39, 0.29) is 0 Å². The fourth-order valence-corrected chi connectivity index (χ4v) is 2.31. The molecule has 1 aliphatic rings. The molecule has 8 heavy (non-hydrogen) atoms. The zero-order chi connectivity index (χ0) is 6.15. The van der Waals surface area contributed by atoms with E-state index in [1.54, 1.807) is 0 Å². The summed E-state index contributed by atoms with van der Waals surface area (Å²) in [5, 5.41) is 0. The van der Waals surface area contributed by atoms with Crippen LogP contribution in [0.4, 0.5) is 0 Å². The average Bonchev–Trinajstić information content (AvgIpc) is 1.85. The molecule has 1 heterocycles. The highest BCUT2D eigenvalue weighted by atomic mass is 35.7. The molecule has 1 saturated heterocycles. The minimum Gasteiger partial charge on any atom is -0.298 e. The second kappa shape index (κ2) is 2.87. The average molecular weight is 195 g/mol. The largest absolute Gasteiger partial charge is 0.298 e. The monoisotopic (exact) mass is 194 g/mol. The van der Waals surface area contributed by atoms with E-state index in [1.807, 2.05) is 0 Å². The number of rotatable bonds is 0. The van der Waals surface area contributed by atoms with Crippen LogP contribution in [0.5, 0.6) is 0 Å². The summed E-state index contributed by atoms with van der Waals surface area (Å²) < 4.78 is 9.43. The fraction of sp³-hybridized carbons (Fsp3) is 1.00. The summed E-state index contributed by atoms with van der Waals surface area (Å²) in [4.78, 5) is 0. The first-order valence-corrected chi connectivity index (χ1v) is 4.73. The first kappa shape index (κ1) is 7.33. The molecule has 48 valence electrons. The van der Waals surface area contributed by atoms with Gasteiger partial charge >= 0.3 is 0 Å². The lowest BCUT2D eigenvalue weighted by Crippen LogP contribution is -2.07. The second-order valence-electron chi connectivity index (χ2n) is 1.13. The minimum atomic E-state index is -1.34. The van der Waals surface area contributed by atoms with E-state index in [9.17, 15) is 0 Å². The third kappa shape index (κ3) is 1.60. The number of alkyl halides is 2. The van der Waals surface area contributed by atoms with Crippen LogP contribution >= 0.6 is 42.2 Å². The summed E-state index contributed by atoms with van der Waals surface area (Å²) in [5.41, 5.74) is -1.19. The third-order valence-corrected chi connectivity index (χ3v) is 2.85. The third-order valence-electron chi connectivity index (χ3n) is 0.573. The quantitative estimate of drug-likeness (QED) is 0.437. The Hall–Kier alpha value is 1.22. The Morgan fingerprint density at radius 2 is 1.50 bits per heavy atom. The molecular formula is C2H2Cl3O2P. The van der Waals surface area contributed by atoms with Crippen LogP contribution in [0.2, 0.25) is 0 Å². The minimum absolute atomic E-state index is 0.597. The smallest absolute Gasteiger partial charge is 0.280 e. The van der Waals surface area contributed by atoms with E-state index >= 15 is 0 Å². The highest BCUT2D eigenvalue weighted by Crippen LogP contribution is 2.54. The molecule has 0 saturated carbocycles. The molecule has 0 aromatic carbocycles. The van der Waals surface area contributed by atoms with Gasteiger partial charge in [-0.25, -0.2) is 0 Å². The van der Waals surface area contributed by atoms with Gasteiger partial charge in [-0.1, -0.05) is 23.2 Å². The lowest BCUT2D eigenvalue weighted by Gasteiger charge is -1.96. The van der Waals surface area contributed by atoms with Gasteiger partial charge in [0.15, 0.2) is 11.1 Å². The number of halogens is 3. The van der Waals surface area contributed by atoms with Crippen molar-refractivity contribution in [1.29, 1.82) is 0 Å². The van der Waals surface area contributed by atoms with Crippen molar-refractivity contribution in [3.63, 3.8) is 0 Å². The van der Waals surface area contributed by atoms with Crippen molar-refractivity contribution in [2.24, 2.45) is 0 Å². The molecule has 0 amide bonds. The van der Waals surface area contributed by atoms with Crippen LogP contribution < -0.4 is 0 Å². The molecule has 0 radical (unpaired) electrons. The van der Waals surface area contributed by atoms with E-state index in [0.717, 1.165) is 0 Å². The Bertz CT molecular complexity index is 81.4. The van der Waals surface area contributed by atoms with Crippen LogP contribution in [-0.4, -0.2) is 11.1 Å². The molecule has 0 bridgehead atoms. The second-order valence-corrected chi connectivity index (χ2v) is 3.66. The van der Waals surface area contributed by atoms with Crippen molar-refractivity contribution in [3.05, 3.63) is 0 Å². The van der Waals surface area contributed by atoms with Gasteiger partial charge in [-0.15, -0.1) is 0 Å². The van der Waals surface area contributed by atoms with Gasteiger partial charge in [-0.05, 0) is 11.2 Å². The van der Waals surface area contributed by atoms with Crippen LogP contribution in [0.3, 0.4) is 0 Å². The molecule has 2 nitrogen and oxygen atoms in total. The fourth-order valence-electron chi connectivity index (χ4n) is 0.279. The molecule has 0 aliphatic carbocycles. The van der Waals surface area contributed by atoms with Crippen molar-refractivity contribution < 1.29 is 9.05 Å². The summed E-state index contributed by atoms with van der Waals surface area (Å²) in [7, 11) is -1.34. The van der Waals surface area contributed by atoms with Crippen LogP contribution in [-0.2, 0) is 9.05 Å². The lowest BCUT2D eigenvalue weighted by molar-refractivity contribution is 0.292. The van der Waals surface area contributed by atoms with Crippen molar-refractivity contribution >= 4 is 42.2 Å². The van der Waals surface area contributed by atoms with Gasteiger partial charge in [-0.3, -0.25) is 9.05 Å². The van der Waals surface area contributed by atoms with Gasteiger partial charge < -0.3 is 0 Å². The molecular weight excluding hydrogens is 193 g/mol. The van der Waals surface area contributed by atoms with E-state index in [4.69, 9.17) is 43.5 Å². The van der Waals surface area contributed by atoms with Gasteiger partial charge in [0, 0.05) is 0 Å². The maximum atomic E-state index is 5.41. The molecule has 0 N–H and O–H groups in total. The number of hydrogen-bond acceptors (Lipinski definition) is 2. The number of hydrogen-bond donors (Lipinski definition) is 0. The van der Waals surface area contributed by atoms with Crippen molar-refractivity contribution in [2.75, 3.05) is 0 Å². The van der Waals surface area contributed by atoms with E-state index < -0.39 is 18.9 Å². The summed E-state index contributed by atoms with van der Waals surface area (Å²) in [6.07, 6.45) is 0. The maximum absolute atomic E-state index is 5.41. The van der Waals surface area contributed by atoms with Gasteiger partial charge in [0.1, 0.15) is 0 Å². The Morgan fingerprint density at radius 1 is 1.12 bits per heavy atom. The molecule has 2 atom stereocenters. The van der Waals surface area contributed by atoms with E-state index in [1.165, 1.54) is 0 Å². The SMILES string of the molecule is ClC1OP(Cl)OC1Cl. The zero-order valence-corrected chi connectivity index (χ0v) is 6.71. The zero-order valence-electron chi connectivity index (χ0n) is 3.55. The summed E-state index contributed by atoms with van der Waals surface area (Å²) in [6.45, 7) is 0. The van der Waals surface area contributed by atoms with Crippen LogP contribution in [0.25, 0.3) is 0 Å². The predicted octanol–water partition coefficient (Wildman–Crippen LogP) is 2.63. The summed E-state index contributed by atoms with van der Waals surface area (Å²) in [6, 6.07) is 0. The highest BCUT2D eigenvalue weighted by Gasteiger charge is 2.32. The summed E-state index contributed by atoms with van der Waals surface area (Å²) in [5.74, 6) is 0. The topological polar surface area (TPSA) is 18.5 Å².